The zero-order valence-corrected chi connectivity index (χ0v) is 12.4. The second kappa shape index (κ2) is 6.79. The van der Waals surface area contributed by atoms with Gasteiger partial charge in [0.2, 0.25) is 0 Å². The summed E-state index contributed by atoms with van der Waals surface area (Å²) in [5.74, 6) is -1.56. The number of nitrogens with one attached hydrogen (secondary N) is 1. The number of aromatic nitrogens is 4. The molecular formula is C11H10ClN7O4. The van der Waals surface area contributed by atoms with Crippen LogP contribution in [0.3, 0.4) is 0 Å². The zero-order chi connectivity index (χ0) is 17.0. The second-order valence-electron chi connectivity index (χ2n) is 4.33. The van der Waals surface area contributed by atoms with Crippen molar-refractivity contribution in [2.24, 2.45) is 5.10 Å². The highest BCUT2D eigenvalue weighted by atomic mass is 35.5. The van der Waals surface area contributed by atoms with Gasteiger partial charge in [0.05, 0.1) is 21.5 Å². The van der Waals surface area contributed by atoms with Gasteiger partial charge in [-0.1, -0.05) is 16.4 Å². The van der Waals surface area contributed by atoms with Crippen LogP contribution in [0.4, 0.5) is 5.95 Å². The van der Waals surface area contributed by atoms with Crippen LogP contribution >= 0.6 is 11.6 Å². The van der Waals surface area contributed by atoms with E-state index in [4.69, 9.17) is 11.6 Å². The monoisotopic (exact) mass is 339 g/mol. The fourth-order valence-corrected chi connectivity index (χ4v) is 1.68. The molecule has 0 unspecified atom stereocenters. The van der Waals surface area contributed by atoms with Crippen LogP contribution in [0.2, 0.25) is 5.02 Å². The van der Waals surface area contributed by atoms with E-state index >= 15 is 0 Å². The molecule has 0 aliphatic heterocycles. The summed E-state index contributed by atoms with van der Waals surface area (Å²) in [5, 5.41) is 34.3. The zero-order valence-electron chi connectivity index (χ0n) is 11.7. The van der Waals surface area contributed by atoms with E-state index < -0.39 is 16.8 Å². The summed E-state index contributed by atoms with van der Waals surface area (Å²) in [6, 6.07) is 4.02. The van der Waals surface area contributed by atoms with Crippen LogP contribution in [0.1, 0.15) is 17.3 Å². The van der Waals surface area contributed by atoms with E-state index in [0.717, 1.165) is 4.80 Å². The summed E-state index contributed by atoms with van der Waals surface area (Å²) in [6.45, 7) is 1.55. The molecule has 0 radical (unpaired) electrons. The van der Waals surface area contributed by atoms with Gasteiger partial charge in [-0.25, -0.2) is 5.43 Å². The highest BCUT2D eigenvalue weighted by molar-refractivity contribution is 6.30. The number of hydrazone groups is 1. The molecule has 11 nitrogen and oxygen atoms in total. The van der Waals surface area contributed by atoms with Gasteiger partial charge in [-0.3, -0.25) is 4.79 Å². The summed E-state index contributed by atoms with van der Waals surface area (Å²) < 4.78 is 0. The molecule has 1 aromatic carbocycles. The molecule has 2 N–H and O–H groups in total. The Morgan fingerprint density at radius 1 is 1.57 bits per heavy atom. The SMILES string of the molecule is CC(Cn1nnc([N+](=O)[O-])n1)=NNC(=O)c1ccc(Cl)cc1O. The first kappa shape index (κ1) is 16.3. The molecule has 0 fully saturated rings. The molecule has 0 aliphatic rings. The average molecular weight is 340 g/mol. The Morgan fingerprint density at radius 3 is 2.91 bits per heavy atom. The van der Waals surface area contributed by atoms with Crippen molar-refractivity contribution >= 4 is 29.2 Å². The van der Waals surface area contributed by atoms with Crippen molar-refractivity contribution in [2.75, 3.05) is 0 Å². The molecular weight excluding hydrogens is 330 g/mol. The van der Waals surface area contributed by atoms with Crippen molar-refractivity contribution in [1.82, 2.24) is 25.6 Å². The fraction of sp³-hybridized carbons (Fsp3) is 0.182. The normalized spacial score (nSPS) is 11.3. The lowest BCUT2D eigenvalue weighted by Gasteiger charge is -2.04. The maximum absolute atomic E-state index is 11.9. The number of rotatable bonds is 5. The van der Waals surface area contributed by atoms with Crippen LogP contribution in [0, 0.1) is 10.1 Å². The Hall–Kier alpha value is -3.08. The maximum Gasteiger partial charge on any atom is 0.514 e. The third-order valence-electron chi connectivity index (χ3n) is 2.53. The highest BCUT2D eigenvalue weighted by Gasteiger charge is 2.16. The summed E-state index contributed by atoms with van der Waals surface area (Å²) >= 11 is 5.67. The molecule has 1 heterocycles. The first-order valence-electron chi connectivity index (χ1n) is 6.11. The minimum atomic E-state index is -0.777. The van der Waals surface area contributed by atoms with Crippen molar-refractivity contribution in [3.8, 4) is 5.75 Å². The smallest absolute Gasteiger partial charge is 0.507 e. The number of amides is 1. The Kier molecular flexibility index (Phi) is 4.81. The van der Waals surface area contributed by atoms with Crippen LogP contribution in [0.15, 0.2) is 23.3 Å². The number of halogens is 1. The van der Waals surface area contributed by atoms with E-state index in [2.05, 4.69) is 25.9 Å². The van der Waals surface area contributed by atoms with Gasteiger partial charge in [-0.05, 0) is 30.0 Å². The van der Waals surface area contributed by atoms with E-state index in [1.807, 2.05) is 0 Å². The van der Waals surface area contributed by atoms with Crippen LogP contribution in [-0.4, -0.2) is 41.9 Å². The van der Waals surface area contributed by atoms with E-state index in [1.165, 1.54) is 18.2 Å². The molecule has 2 aromatic rings. The molecule has 0 atom stereocenters. The molecule has 2 rings (SSSR count). The Balaban J connectivity index is 2.00. The first-order valence-corrected chi connectivity index (χ1v) is 6.49. The Bertz CT molecular complexity index is 788. The lowest BCUT2D eigenvalue weighted by Crippen LogP contribution is -2.21. The number of carbonyl (C=O) groups is 1. The average Bonchev–Trinajstić information content (AvgIpc) is 2.93. The van der Waals surface area contributed by atoms with Crippen LogP contribution in [0.25, 0.3) is 0 Å². The van der Waals surface area contributed by atoms with Gasteiger partial charge in [-0.15, -0.1) is 0 Å². The largest absolute Gasteiger partial charge is 0.514 e. The van der Waals surface area contributed by atoms with Gasteiger partial charge in [0.1, 0.15) is 12.3 Å². The minimum Gasteiger partial charge on any atom is -0.507 e. The summed E-state index contributed by atoms with van der Waals surface area (Å²) in [7, 11) is 0. The van der Waals surface area contributed by atoms with Gasteiger partial charge in [0.25, 0.3) is 5.91 Å². The molecule has 0 saturated carbocycles. The van der Waals surface area contributed by atoms with Crippen LogP contribution in [-0.2, 0) is 6.54 Å². The van der Waals surface area contributed by atoms with Crippen molar-refractivity contribution < 1.29 is 14.8 Å². The molecule has 0 saturated heterocycles. The van der Waals surface area contributed by atoms with E-state index in [-0.39, 0.29) is 22.9 Å². The Morgan fingerprint density at radius 2 is 2.30 bits per heavy atom. The van der Waals surface area contributed by atoms with Gasteiger partial charge in [0.15, 0.2) is 0 Å². The number of benzene rings is 1. The molecule has 120 valence electrons. The lowest BCUT2D eigenvalue weighted by atomic mass is 10.2. The van der Waals surface area contributed by atoms with Gasteiger partial charge in [0, 0.05) is 10.2 Å². The molecule has 0 bridgehead atoms. The predicted molar refractivity (Wildman–Crippen MR) is 78.2 cm³/mol. The number of phenols is 1. The number of phenolic OH excluding ortho intramolecular Hbond substituents is 1. The summed E-state index contributed by atoms with van der Waals surface area (Å²) in [4.78, 5) is 22.5. The van der Waals surface area contributed by atoms with Crippen molar-refractivity contribution in [3.05, 3.63) is 38.9 Å². The number of hydrogen-bond acceptors (Lipinski definition) is 8. The lowest BCUT2D eigenvalue weighted by molar-refractivity contribution is -0.394. The second-order valence-corrected chi connectivity index (χ2v) is 4.76. The third-order valence-corrected chi connectivity index (χ3v) is 2.76. The Labute approximate surface area is 133 Å². The molecule has 0 aliphatic carbocycles. The molecule has 23 heavy (non-hydrogen) atoms. The molecule has 12 heteroatoms. The fourth-order valence-electron chi connectivity index (χ4n) is 1.52. The van der Waals surface area contributed by atoms with Crippen molar-refractivity contribution in [1.29, 1.82) is 0 Å². The predicted octanol–water partition coefficient (Wildman–Crippen LogP) is 0.746. The number of nitro groups is 1. The molecule has 0 spiro atoms. The van der Waals surface area contributed by atoms with E-state index in [9.17, 15) is 20.0 Å². The maximum atomic E-state index is 11.9. The number of nitrogens with zero attached hydrogens (tertiary/aromatic N) is 6. The third kappa shape index (κ3) is 4.20. The molecule has 1 amide bonds. The molecule has 1 aromatic heterocycles. The van der Waals surface area contributed by atoms with Gasteiger partial charge >= 0.3 is 5.95 Å². The van der Waals surface area contributed by atoms with E-state index in [0.29, 0.717) is 5.71 Å². The topological polar surface area (TPSA) is 148 Å². The highest BCUT2D eigenvalue weighted by Crippen LogP contribution is 2.21. The summed E-state index contributed by atoms with van der Waals surface area (Å²) in [6.07, 6.45) is 0. The van der Waals surface area contributed by atoms with Crippen molar-refractivity contribution in [3.63, 3.8) is 0 Å². The van der Waals surface area contributed by atoms with Gasteiger partial charge < -0.3 is 15.2 Å². The summed E-state index contributed by atoms with van der Waals surface area (Å²) in [5.41, 5.74) is 2.59. The number of carbonyl (C=O) groups excluding carboxylic acids is 1. The number of hydrogen-bond donors (Lipinski definition) is 2. The van der Waals surface area contributed by atoms with Crippen LogP contribution < -0.4 is 5.43 Å². The van der Waals surface area contributed by atoms with Gasteiger partial charge in [-0.2, -0.15) is 5.10 Å². The standard InChI is InChI=1S/C11H10ClN7O4/c1-6(5-18-16-11(15-17-18)19(22)23)13-14-10(21)8-3-2-7(12)4-9(8)20/h2-4,20H,5H2,1H3,(H,14,21). The van der Waals surface area contributed by atoms with Crippen LogP contribution in [0.5, 0.6) is 5.75 Å². The quantitative estimate of drug-likeness (QED) is 0.463. The first-order chi connectivity index (χ1) is 10.9. The number of tetrazole rings is 1. The van der Waals surface area contributed by atoms with E-state index in [1.54, 1.807) is 6.92 Å². The minimum absolute atomic E-state index is 0.000434. The van der Waals surface area contributed by atoms with Crippen molar-refractivity contribution in [2.45, 2.75) is 13.5 Å². The number of aromatic hydroxyl groups is 1.